The number of rotatable bonds is 3. The Morgan fingerprint density at radius 2 is 2.12 bits per heavy atom. The Kier molecular flexibility index (Phi) is 5.75. The lowest BCUT2D eigenvalue weighted by Crippen LogP contribution is -2.43. The topological polar surface area (TPSA) is 41.6 Å². The molecule has 1 aliphatic heterocycles. The van der Waals surface area contributed by atoms with Crippen LogP contribution in [0.4, 0.5) is 4.79 Å². The van der Waals surface area contributed by atoms with E-state index in [1.54, 1.807) is 0 Å². The minimum atomic E-state index is -0.159. The van der Waals surface area contributed by atoms with Crippen molar-refractivity contribution >= 4 is 6.09 Å². The number of amides is 1. The first-order chi connectivity index (χ1) is 8.00. The fourth-order valence-electron chi connectivity index (χ4n) is 1.89. The van der Waals surface area contributed by atoms with Gasteiger partial charge in [0.1, 0.15) is 0 Å². The summed E-state index contributed by atoms with van der Waals surface area (Å²) in [7, 11) is 0. The average Bonchev–Trinajstić information content (AvgIpc) is 2.51. The van der Waals surface area contributed by atoms with Crippen LogP contribution in [0.3, 0.4) is 0 Å². The van der Waals surface area contributed by atoms with Crippen molar-refractivity contribution in [3.8, 4) is 0 Å². The lowest BCUT2D eigenvalue weighted by Gasteiger charge is -2.26. The van der Waals surface area contributed by atoms with E-state index in [0.717, 1.165) is 26.1 Å². The number of carbonyl (C=O) groups is 1. The zero-order valence-electron chi connectivity index (χ0n) is 11.5. The Labute approximate surface area is 105 Å². The van der Waals surface area contributed by atoms with Gasteiger partial charge < -0.3 is 15.0 Å². The molecule has 0 spiro atoms. The van der Waals surface area contributed by atoms with E-state index < -0.39 is 0 Å². The van der Waals surface area contributed by atoms with E-state index in [4.69, 9.17) is 4.74 Å². The molecule has 0 aromatic rings. The van der Waals surface area contributed by atoms with Crippen LogP contribution in [-0.4, -0.2) is 43.3 Å². The molecule has 1 atom stereocenters. The second kappa shape index (κ2) is 6.84. The van der Waals surface area contributed by atoms with Gasteiger partial charge in [0.25, 0.3) is 0 Å². The Hall–Kier alpha value is -0.770. The van der Waals surface area contributed by atoms with Gasteiger partial charge in [-0.05, 0) is 24.8 Å². The fraction of sp³-hybridized carbons (Fsp3) is 0.923. The molecule has 1 amide bonds. The number of hydrogen-bond donors (Lipinski definition) is 1. The fourth-order valence-corrected chi connectivity index (χ4v) is 1.89. The largest absolute Gasteiger partial charge is 0.449 e. The second-order valence-corrected chi connectivity index (χ2v) is 5.57. The van der Waals surface area contributed by atoms with Gasteiger partial charge in [-0.1, -0.05) is 27.7 Å². The molecular weight excluding hydrogens is 216 g/mol. The summed E-state index contributed by atoms with van der Waals surface area (Å²) in [6.07, 6.45) is 0.841. The number of hydrogen-bond acceptors (Lipinski definition) is 3. The van der Waals surface area contributed by atoms with Crippen LogP contribution in [0.15, 0.2) is 0 Å². The summed E-state index contributed by atoms with van der Waals surface area (Å²) >= 11 is 0. The van der Waals surface area contributed by atoms with Crippen molar-refractivity contribution in [1.29, 1.82) is 0 Å². The highest BCUT2D eigenvalue weighted by Crippen LogP contribution is 2.10. The molecule has 0 aliphatic carbocycles. The summed E-state index contributed by atoms with van der Waals surface area (Å²) in [6.45, 7) is 11.5. The summed E-state index contributed by atoms with van der Waals surface area (Å²) in [5.41, 5.74) is 0. The number of nitrogens with zero attached hydrogens (tertiary/aromatic N) is 1. The van der Waals surface area contributed by atoms with Gasteiger partial charge in [0.15, 0.2) is 0 Å². The highest BCUT2D eigenvalue weighted by Gasteiger charge is 2.24. The van der Waals surface area contributed by atoms with Gasteiger partial charge in [-0.25, -0.2) is 4.79 Å². The molecule has 4 heteroatoms. The van der Waals surface area contributed by atoms with Crippen molar-refractivity contribution in [2.24, 2.45) is 11.8 Å². The molecular formula is C13H26N2O2. The summed E-state index contributed by atoms with van der Waals surface area (Å²) in [4.78, 5) is 13.7. The van der Waals surface area contributed by atoms with Crippen molar-refractivity contribution < 1.29 is 9.53 Å². The third kappa shape index (κ3) is 4.94. The first-order valence-electron chi connectivity index (χ1n) is 6.65. The SMILES string of the molecule is CC(C)COC(=O)N1CCCNC(C(C)C)C1. The highest BCUT2D eigenvalue weighted by atomic mass is 16.6. The van der Waals surface area contributed by atoms with Crippen molar-refractivity contribution in [3.05, 3.63) is 0 Å². The molecule has 1 unspecified atom stereocenters. The van der Waals surface area contributed by atoms with Crippen molar-refractivity contribution in [2.45, 2.75) is 40.2 Å². The van der Waals surface area contributed by atoms with Crippen LogP contribution in [0.5, 0.6) is 0 Å². The van der Waals surface area contributed by atoms with Gasteiger partial charge in [0.05, 0.1) is 6.61 Å². The van der Waals surface area contributed by atoms with Crippen LogP contribution in [0.1, 0.15) is 34.1 Å². The monoisotopic (exact) mass is 242 g/mol. The maximum absolute atomic E-state index is 11.9. The van der Waals surface area contributed by atoms with Crippen LogP contribution >= 0.6 is 0 Å². The normalized spacial score (nSPS) is 21.8. The number of carbonyl (C=O) groups excluding carboxylic acids is 1. The molecule has 100 valence electrons. The lowest BCUT2D eigenvalue weighted by atomic mass is 10.0. The molecule has 1 aliphatic rings. The van der Waals surface area contributed by atoms with Gasteiger partial charge in [-0.2, -0.15) is 0 Å². The van der Waals surface area contributed by atoms with E-state index in [-0.39, 0.29) is 6.09 Å². The van der Waals surface area contributed by atoms with E-state index in [9.17, 15) is 4.79 Å². The van der Waals surface area contributed by atoms with Gasteiger partial charge in [0.2, 0.25) is 0 Å². The van der Waals surface area contributed by atoms with Gasteiger partial charge in [0, 0.05) is 19.1 Å². The second-order valence-electron chi connectivity index (χ2n) is 5.57. The summed E-state index contributed by atoms with van der Waals surface area (Å²) < 4.78 is 5.29. The van der Waals surface area contributed by atoms with Crippen molar-refractivity contribution in [3.63, 3.8) is 0 Å². The predicted molar refractivity (Wildman–Crippen MR) is 69.0 cm³/mol. The summed E-state index contributed by atoms with van der Waals surface area (Å²) in [6, 6.07) is 0.379. The number of nitrogens with one attached hydrogen (secondary N) is 1. The van der Waals surface area contributed by atoms with Crippen molar-refractivity contribution in [2.75, 3.05) is 26.2 Å². The standard InChI is InChI=1S/C13H26N2O2/c1-10(2)9-17-13(16)15-7-5-6-14-12(8-15)11(3)4/h10-12,14H,5-9H2,1-4H3. The molecule has 4 nitrogen and oxygen atoms in total. The lowest BCUT2D eigenvalue weighted by molar-refractivity contribution is 0.0898. The quantitative estimate of drug-likeness (QED) is 0.824. The van der Waals surface area contributed by atoms with Crippen LogP contribution in [0.25, 0.3) is 0 Å². The van der Waals surface area contributed by atoms with E-state index in [1.807, 2.05) is 18.7 Å². The van der Waals surface area contributed by atoms with E-state index >= 15 is 0 Å². The molecule has 1 fully saturated rings. The Balaban J connectivity index is 2.47. The van der Waals surface area contributed by atoms with E-state index in [0.29, 0.717) is 24.5 Å². The van der Waals surface area contributed by atoms with E-state index in [2.05, 4.69) is 19.2 Å². The maximum atomic E-state index is 11.9. The molecule has 1 saturated heterocycles. The zero-order chi connectivity index (χ0) is 12.8. The Bertz CT molecular complexity index is 242. The average molecular weight is 242 g/mol. The third-order valence-corrected chi connectivity index (χ3v) is 3.03. The van der Waals surface area contributed by atoms with Gasteiger partial charge in [-0.3, -0.25) is 0 Å². The zero-order valence-corrected chi connectivity index (χ0v) is 11.5. The van der Waals surface area contributed by atoms with Gasteiger partial charge >= 0.3 is 6.09 Å². The van der Waals surface area contributed by atoms with Crippen LogP contribution in [0, 0.1) is 11.8 Å². The number of ether oxygens (including phenoxy) is 1. The molecule has 0 radical (unpaired) electrons. The van der Waals surface area contributed by atoms with Crippen LogP contribution < -0.4 is 5.32 Å². The van der Waals surface area contributed by atoms with Crippen LogP contribution in [0.2, 0.25) is 0 Å². The maximum Gasteiger partial charge on any atom is 0.409 e. The highest BCUT2D eigenvalue weighted by molar-refractivity contribution is 5.67. The van der Waals surface area contributed by atoms with Crippen LogP contribution in [-0.2, 0) is 4.74 Å². The van der Waals surface area contributed by atoms with Gasteiger partial charge in [-0.15, -0.1) is 0 Å². The Morgan fingerprint density at radius 1 is 1.41 bits per heavy atom. The molecule has 17 heavy (non-hydrogen) atoms. The molecule has 0 aromatic heterocycles. The minimum Gasteiger partial charge on any atom is -0.449 e. The summed E-state index contributed by atoms with van der Waals surface area (Å²) in [5.74, 6) is 0.929. The molecule has 0 saturated carbocycles. The molecule has 1 heterocycles. The smallest absolute Gasteiger partial charge is 0.409 e. The predicted octanol–water partition coefficient (Wildman–Crippen LogP) is 2.10. The molecule has 0 aromatic carbocycles. The molecule has 1 N–H and O–H groups in total. The minimum absolute atomic E-state index is 0.159. The Morgan fingerprint density at radius 3 is 2.71 bits per heavy atom. The van der Waals surface area contributed by atoms with E-state index in [1.165, 1.54) is 0 Å². The first-order valence-corrected chi connectivity index (χ1v) is 6.65. The molecule has 0 bridgehead atoms. The first kappa shape index (κ1) is 14.3. The third-order valence-electron chi connectivity index (χ3n) is 3.03. The van der Waals surface area contributed by atoms with Crippen molar-refractivity contribution in [1.82, 2.24) is 10.2 Å². The summed E-state index contributed by atoms with van der Waals surface area (Å²) in [5, 5.41) is 3.48. The molecule has 1 rings (SSSR count).